The van der Waals surface area contributed by atoms with E-state index in [4.69, 9.17) is 0 Å². The van der Waals surface area contributed by atoms with Gasteiger partial charge in [-0.05, 0) is 55.2 Å². The van der Waals surface area contributed by atoms with E-state index in [9.17, 15) is 4.79 Å². The van der Waals surface area contributed by atoms with Gasteiger partial charge in [-0.25, -0.2) is 0 Å². The van der Waals surface area contributed by atoms with Crippen LogP contribution >= 0.6 is 15.9 Å². The molecule has 4 rings (SSSR count). The first kappa shape index (κ1) is 20.3. The minimum absolute atomic E-state index is 0.0222. The fourth-order valence-corrected chi connectivity index (χ4v) is 4.27. The summed E-state index contributed by atoms with van der Waals surface area (Å²) in [5.74, 6) is 0.0222. The predicted octanol–water partition coefficient (Wildman–Crippen LogP) is 6.50. The van der Waals surface area contributed by atoms with Gasteiger partial charge in [0, 0.05) is 4.47 Å². The Kier molecular flexibility index (Phi) is 5.96. The van der Waals surface area contributed by atoms with Gasteiger partial charge < -0.3 is 0 Å². The second-order valence-corrected chi connectivity index (χ2v) is 8.46. The highest BCUT2D eigenvalue weighted by molar-refractivity contribution is 9.10. The minimum atomic E-state index is -0.695. The van der Waals surface area contributed by atoms with Gasteiger partial charge in [0.15, 0.2) is 0 Å². The van der Waals surface area contributed by atoms with Gasteiger partial charge in [-0.15, -0.1) is 0 Å². The Morgan fingerprint density at radius 1 is 0.967 bits per heavy atom. The molecule has 3 aromatic carbocycles. The van der Waals surface area contributed by atoms with Crippen molar-refractivity contribution in [3.8, 4) is 0 Å². The fraction of sp³-hybridized carbons (Fsp3) is 0.154. The molecular weight excluding hydrogens is 436 g/mol. The first-order chi connectivity index (χ1) is 14.6. The highest BCUT2D eigenvalue weighted by Gasteiger charge is 2.48. The molecule has 1 aliphatic rings. The maximum atomic E-state index is 13.7. The average molecular weight is 459 g/mol. The number of hydrogen-bond donors (Lipinski definition) is 0. The van der Waals surface area contributed by atoms with E-state index in [1.165, 1.54) is 0 Å². The van der Waals surface area contributed by atoms with Crippen molar-refractivity contribution in [2.45, 2.75) is 19.8 Å². The van der Waals surface area contributed by atoms with Gasteiger partial charge in [0.25, 0.3) is 5.91 Å². The monoisotopic (exact) mass is 458 g/mol. The highest BCUT2D eigenvalue weighted by Crippen LogP contribution is 2.39. The van der Waals surface area contributed by atoms with Gasteiger partial charge in [-0.2, -0.15) is 10.1 Å². The van der Waals surface area contributed by atoms with E-state index >= 15 is 0 Å². The fourth-order valence-electron chi connectivity index (χ4n) is 3.85. The molecule has 0 spiro atoms. The lowest BCUT2D eigenvalue weighted by molar-refractivity contribution is -0.123. The van der Waals surface area contributed by atoms with Crippen molar-refractivity contribution in [3.63, 3.8) is 0 Å². The van der Waals surface area contributed by atoms with E-state index in [0.717, 1.165) is 27.0 Å². The molecular formula is C26H23BrN2O. The van der Waals surface area contributed by atoms with Crippen molar-refractivity contribution in [3.05, 3.63) is 107 Å². The summed E-state index contributed by atoms with van der Waals surface area (Å²) in [5, 5.41) is 6.25. The number of rotatable bonds is 6. The number of halogens is 1. The maximum Gasteiger partial charge on any atom is 0.260 e. The zero-order valence-electron chi connectivity index (χ0n) is 16.8. The summed E-state index contributed by atoms with van der Waals surface area (Å²) in [6.45, 7) is 1.97. The summed E-state index contributed by atoms with van der Waals surface area (Å²) >= 11 is 3.51. The molecule has 0 unspecified atom stereocenters. The van der Waals surface area contributed by atoms with Crippen LogP contribution in [0.3, 0.4) is 0 Å². The molecule has 1 aliphatic heterocycles. The van der Waals surface area contributed by atoms with Crippen molar-refractivity contribution in [2.75, 3.05) is 5.01 Å². The number of carbonyl (C=O) groups excluding carboxylic acids is 1. The number of hydrogen-bond acceptors (Lipinski definition) is 2. The molecule has 30 heavy (non-hydrogen) atoms. The van der Waals surface area contributed by atoms with Gasteiger partial charge >= 0.3 is 0 Å². The van der Waals surface area contributed by atoms with Crippen LogP contribution in [0.5, 0.6) is 0 Å². The number of nitrogens with zero attached hydrogens (tertiary/aromatic N) is 2. The standard InChI is InChI=1S/C26H23BrN2O/c1-20-26(19-22-10-4-2-5-11-22,17-9-13-21-12-8-14-23(27)18-21)25(30)29(28-20)24-15-6-3-7-16-24/h2-16,18H,17,19H2,1H3/b13-9+/t26-/m1/s1. The molecule has 1 amide bonds. The maximum absolute atomic E-state index is 13.7. The largest absolute Gasteiger partial charge is 0.271 e. The molecule has 1 heterocycles. The number of allylic oxidation sites excluding steroid dienone is 1. The number of benzene rings is 3. The van der Waals surface area contributed by atoms with Crippen molar-refractivity contribution in [1.82, 2.24) is 0 Å². The second kappa shape index (κ2) is 8.80. The summed E-state index contributed by atoms with van der Waals surface area (Å²) in [6.07, 6.45) is 5.37. The van der Waals surface area contributed by atoms with Crippen LogP contribution in [0.1, 0.15) is 24.5 Å². The zero-order chi connectivity index (χ0) is 21.0. The van der Waals surface area contributed by atoms with Crippen molar-refractivity contribution in [2.24, 2.45) is 10.5 Å². The van der Waals surface area contributed by atoms with E-state index in [-0.39, 0.29) is 5.91 Å². The van der Waals surface area contributed by atoms with E-state index in [2.05, 4.69) is 57.4 Å². The van der Waals surface area contributed by atoms with Crippen LogP contribution in [0.15, 0.2) is 101 Å². The number of para-hydroxylation sites is 1. The van der Waals surface area contributed by atoms with Gasteiger partial charge in [-0.3, -0.25) is 4.79 Å². The zero-order valence-corrected chi connectivity index (χ0v) is 18.4. The molecule has 0 saturated carbocycles. The van der Waals surface area contributed by atoms with E-state index in [0.29, 0.717) is 12.8 Å². The number of amides is 1. The quantitative estimate of drug-likeness (QED) is 0.414. The molecule has 0 aromatic heterocycles. The summed E-state index contributed by atoms with van der Waals surface area (Å²) in [4.78, 5) is 13.7. The second-order valence-electron chi connectivity index (χ2n) is 7.54. The third-order valence-corrected chi connectivity index (χ3v) is 6.01. The molecule has 0 saturated heterocycles. The lowest BCUT2D eigenvalue weighted by Gasteiger charge is -2.27. The Morgan fingerprint density at radius 3 is 2.37 bits per heavy atom. The van der Waals surface area contributed by atoms with Crippen LogP contribution in [0, 0.1) is 5.41 Å². The Labute approximate surface area is 185 Å². The Hall–Kier alpha value is -2.98. The summed E-state index contributed by atoms with van der Waals surface area (Å²) < 4.78 is 1.04. The summed E-state index contributed by atoms with van der Waals surface area (Å²) in [5.41, 5.74) is 3.18. The molecule has 0 N–H and O–H groups in total. The van der Waals surface area contributed by atoms with Gasteiger partial charge in [0.1, 0.15) is 0 Å². The van der Waals surface area contributed by atoms with Crippen LogP contribution in [0.4, 0.5) is 5.69 Å². The van der Waals surface area contributed by atoms with E-state index < -0.39 is 5.41 Å². The molecule has 3 aromatic rings. The van der Waals surface area contributed by atoms with Crippen molar-refractivity contribution in [1.29, 1.82) is 0 Å². The van der Waals surface area contributed by atoms with Crippen LogP contribution < -0.4 is 5.01 Å². The van der Waals surface area contributed by atoms with Crippen LogP contribution in [-0.4, -0.2) is 11.6 Å². The van der Waals surface area contributed by atoms with Gasteiger partial charge in [0.05, 0.1) is 16.8 Å². The summed E-state index contributed by atoms with van der Waals surface area (Å²) in [7, 11) is 0. The smallest absolute Gasteiger partial charge is 0.260 e. The normalized spacial score (nSPS) is 18.8. The topological polar surface area (TPSA) is 32.7 Å². The van der Waals surface area contributed by atoms with Crippen LogP contribution in [0.2, 0.25) is 0 Å². The molecule has 4 heteroatoms. The highest BCUT2D eigenvalue weighted by atomic mass is 79.9. The predicted molar refractivity (Wildman–Crippen MR) is 127 cm³/mol. The molecule has 0 aliphatic carbocycles. The third-order valence-electron chi connectivity index (χ3n) is 5.52. The SMILES string of the molecule is CC1=NN(c2ccccc2)C(=O)[C@]1(C/C=C/c1cccc(Br)c1)Cc1ccccc1. The molecule has 150 valence electrons. The Bertz CT molecular complexity index is 1090. The number of anilines is 1. The molecule has 1 atom stereocenters. The molecule has 0 fully saturated rings. The molecule has 0 bridgehead atoms. The van der Waals surface area contributed by atoms with E-state index in [1.807, 2.05) is 67.6 Å². The lowest BCUT2D eigenvalue weighted by atomic mass is 9.74. The summed E-state index contributed by atoms with van der Waals surface area (Å²) in [6, 6.07) is 27.9. The molecule has 0 radical (unpaired) electrons. The number of carbonyl (C=O) groups is 1. The van der Waals surface area contributed by atoms with Gasteiger partial charge in [-0.1, -0.05) is 88.7 Å². The van der Waals surface area contributed by atoms with Crippen LogP contribution in [-0.2, 0) is 11.2 Å². The molecule has 3 nitrogen and oxygen atoms in total. The van der Waals surface area contributed by atoms with Gasteiger partial charge in [0.2, 0.25) is 0 Å². The number of hydrazone groups is 1. The minimum Gasteiger partial charge on any atom is -0.271 e. The van der Waals surface area contributed by atoms with Crippen molar-refractivity contribution < 1.29 is 4.79 Å². The first-order valence-corrected chi connectivity index (χ1v) is 10.8. The third kappa shape index (κ3) is 4.14. The Balaban J connectivity index is 1.67. The average Bonchev–Trinajstić information content (AvgIpc) is 3.00. The first-order valence-electron chi connectivity index (χ1n) is 10.00. The lowest BCUT2D eigenvalue weighted by Crippen LogP contribution is -2.40. The van der Waals surface area contributed by atoms with Crippen LogP contribution in [0.25, 0.3) is 6.08 Å². The Morgan fingerprint density at radius 2 is 1.67 bits per heavy atom. The van der Waals surface area contributed by atoms with E-state index in [1.54, 1.807) is 5.01 Å². The van der Waals surface area contributed by atoms with Crippen molar-refractivity contribution >= 4 is 39.3 Å².